The first kappa shape index (κ1) is 19.7. The molecule has 0 unspecified atom stereocenters. The lowest BCUT2D eigenvalue weighted by Crippen LogP contribution is -2.50. The molecule has 1 aliphatic heterocycles. The number of aromatic nitrogens is 1. The third kappa shape index (κ3) is 4.44. The smallest absolute Gasteiger partial charge is 0.409 e. The first-order valence-corrected chi connectivity index (χ1v) is 9.35. The number of nitrogens with zero attached hydrogens (tertiary/aromatic N) is 3. The lowest BCUT2D eigenvalue weighted by molar-refractivity contribution is 0.0570. The van der Waals surface area contributed by atoms with Crippen molar-refractivity contribution in [2.75, 3.05) is 32.8 Å². The summed E-state index contributed by atoms with van der Waals surface area (Å²) in [5.41, 5.74) is 2.33. The largest absolute Gasteiger partial charge is 0.489 e. The molecule has 0 saturated carbocycles. The fraction of sp³-hybridized carbons (Fsp3) is 0.450. The van der Waals surface area contributed by atoms with Crippen LogP contribution in [0.15, 0.2) is 28.8 Å². The molecule has 28 heavy (non-hydrogen) atoms. The number of aryl methyl sites for hydroxylation is 2. The number of amides is 2. The minimum Gasteiger partial charge on any atom is -0.489 e. The summed E-state index contributed by atoms with van der Waals surface area (Å²) in [5.74, 6) is 1.36. The Bertz CT molecular complexity index is 803. The Kier molecular flexibility index (Phi) is 6.18. The minimum absolute atomic E-state index is 0.0548. The van der Waals surface area contributed by atoms with E-state index in [1.165, 1.54) is 0 Å². The monoisotopic (exact) mass is 387 g/mol. The summed E-state index contributed by atoms with van der Waals surface area (Å²) < 4.78 is 15.9. The van der Waals surface area contributed by atoms with Gasteiger partial charge in [-0.1, -0.05) is 5.16 Å². The maximum atomic E-state index is 12.7. The molecule has 2 heterocycles. The molecule has 150 valence electrons. The predicted molar refractivity (Wildman–Crippen MR) is 101 cm³/mol. The molecule has 0 spiro atoms. The second-order valence-corrected chi connectivity index (χ2v) is 6.59. The van der Waals surface area contributed by atoms with Crippen molar-refractivity contribution in [1.82, 2.24) is 15.0 Å². The summed E-state index contributed by atoms with van der Waals surface area (Å²) >= 11 is 0. The molecule has 1 aliphatic rings. The molecule has 3 rings (SSSR count). The lowest BCUT2D eigenvalue weighted by atomic mass is 10.1. The Hall–Kier alpha value is -3.03. The SMILES string of the molecule is CCOC(=O)N1CCN(C(=O)c2ccc(OCc3c(C)noc3C)cc2)CC1. The van der Waals surface area contributed by atoms with Gasteiger partial charge >= 0.3 is 6.09 Å². The zero-order valence-electron chi connectivity index (χ0n) is 16.4. The van der Waals surface area contributed by atoms with Crippen molar-refractivity contribution < 1.29 is 23.6 Å². The summed E-state index contributed by atoms with van der Waals surface area (Å²) in [6, 6.07) is 7.06. The standard InChI is InChI=1S/C20H25N3O5/c1-4-26-20(25)23-11-9-22(10-12-23)19(24)16-5-7-17(8-6-16)27-13-18-14(2)21-28-15(18)3/h5-8H,4,9-13H2,1-3H3. The molecule has 2 aromatic rings. The van der Waals surface area contributed by atoms with Gasteiger partial charge in [-0.25, -0.2) is 4.79 Å². The molecule has 2 amide bonds. The Morgan fingerprint density at radius 1 is 1.07 bits per heavy atom. The van der Waals surface area contributed by atoms with Crippen molar-refractivity contribution in [2.24, 2.45) is 0 Å². The number of carbonyl (C=O) groups is 2. The second-order valence-electron chi connectivity index (χ2n) is 6.59. The number of hydrogen-bond donors (Lipinski definition) is 0. The highest BCUT2D eigenvalue weighted by Crippen LogP contribution is 2.19. The Balaban J connectivity index is 1.53. The van der Waals surface area contributed by atoms with Gasteiger partial charge in [0.1, 0.15) is 18.1 Å². The molecule has 1 aromatic carbocycles. The number of carbonyl (C=O) groups excluding carboxylic acids is 2. The molecule has 1 saturated heterocycles. The Labute approximate surface area is 164 Å². The van der Waals surface area contributed by atoms with E-state index in [-0.39, 0.29) is 12.0 Å². The van der Waals surface area contributed by atoms with Crippen molar-refractivity contribution >= 4 is 12.0 Å². The van der Waals surface area contributed by atoms with Gasteiger partial charge in [0.2, 0.25) is 0 Å². The normalized spacial score (nSPS) is 14.1. The summed E-state index contributed by atoms with van der Waals surface area (Å²) in [4.78, 5) is 27.8. The van der Waals surface area contributed by atoms with Gasteiger partial charge in [-0.2, -0.15) is 0 Å². The van der Waals surface area contributed by atoms with Gasteiger partial charge in [0.15, 0.2) is 0 Å². The zero-order chi connectivity index (χ0) is 20.1. The van der Waals surface area contributed by atoms with Gasteiger partial charge in [-0.3, -0.25) is 4.79 Å². The Morgan fingerprint density at radius 2 is 1.71 bits per heavy atom. The van der Waals surface area contributed by atoms with E-state index in [2.05, 4.69) is 5.16 Å². The average Bonchev–Trinajstić information content (AvgIpc) is 3.04. The molecule has 0 radical (unpaired) electrons. The van der Waals surface area contributed by atoms with Crippen LogP contribution in [0.25, 0.3) is 0 Å². The molecule has 1 fully saturated rings. The third-order valence-corrected chi connectivity index (χ3v) is 4.76. The van der Waals surface area contributed by atoms with E-state index in [1.54, 1.807) is 41.0 Å². The van der Waals surface area contributed by atoms with Crippen molar-refractivity contribution in [2.45, 2.75) is 27.4 Å². The molecule has 8 nitrogen and oxygen atoms in total. The van der Waals surface area contributed by atoms with E-state index in [4.69, 9.17) is 14.0 Å². The quantitative estimate of drug-likeness (QED) is 0.784. The van der Waals surface area contributed by atoms with Crippen LogP contribution in [0.4, 0.5) is 4.79 Å². The van der Waals surface area contributed by atoms with E-state index in [0.717, 1.165) is 17.0 Å². The fourth-order valence-corrected chi connectivity index (χ4v) is 3.05. The summed E-state index contributed by atoms with van der Waals surface area (Å²) in [6.07, 6.45) is -0.325. The van der Waals surface area contributed by atoms with Gasteiger partial charge in [-0.05, 0) is 45.0 Å². The van der Waals surface area contributed by atoms with Gasteiger partial charge in [0.25, 0.3) is 5.91 Å². The van der Waals surface area contributed by atoms with Crippen LogP contribution in [0.5, 0.6) is 5.75 Å². The fourth-order valence-electron chi connectivity index (χ4n) is 3.05. The van der Waals surface area contributed by atoms with E-state index in [9.17, 15) is 9.59 Å². The highest BCUT2D eigenvalue weighted by Gasteiger charge is 2.25. The minimum atomic E-state index is -0.325. The van der Waals surface area contributed by atoms with Crippen LogP contribution >= 0.6 is 0 Å². The molecule has 1 aromatic heterocycles. The summed E-state index contributed by atoms with van der Waals surface area (Å²) in [5, 5.41) is 3.91. The number of benzene rings is 1. The summed E-state index contributed by atoms with van der Waals surface area (Å²) in [6.45, 7) is 8.14. The molecule has 0 aliphatic carbocycles. The van der Waals surface area contributed by atoms with E-state index in [1.807, 2.05) is 13.8 Å². The predicted octanol–water partition coefficient (Wildman–Crippen LogP) is 2.78. The van der Waals surface area contributed by atoms with Crippen molar-refractivity contribution in [3.63, 3.8) is 0 Å². The molecule has 0 N–H and O–H groups in total. The second kappa shape index (κ2) is 8.77. The number of piperazine rings is 1. The number of ether oxygens (including phenoxy) is 2. The van der Waals surface area contributed by atoms with Gasteiger partial charge in [0, 0.05) is 31.7 Å². The molecular weight excluding hydrogens is 362 g/mol. The first-order valence-electron chi connectivity index (χ1n) is 9.35. The third-order valence-electron chi connectivity index (χ3n) is 4.76. The number of hydrogen-bond acceptors (Lipinski definition) is 6. The molecule has 0 bridgehead atoms. The van der Waals surface area contributed by atoms with Crippen molar-refractivity contribution in [3.8, 4) is 5.75 Å². The zero-order valence-corrected chi connectivity index (χ0v) is 16.4. The molecular formula is C20H25N3O5. The van der Waals surface area contributed by atoms with E-state index in [0.29, 0.717) is 50.7 Å². The average molecular weight is 387 g/mol. The first-order chi connectivity index (χ1) is 13.5. The van der Waals surface area contributed by atoms with Crippen LogP contribution < -0.4 is 4.74 Å². The highest BCUT2D eigenvalue weighted by atomic mass is 16.6. The molecule has 0 atom stereocenters. The van der Waals surface area contributed by atoms with Crippen molar-refractivity contribution in [1.29, 1.82) is 0 Å². The topological polar surface area (TPSA) is 85.1 Å². The Morgan fingerprint density at radius 3 is 2.29 bits per heavy atom. The van der Waals surface area contributed by atoms with Crippen molar-refractivity contribution in [3.05, 3.63) is 46.8 Å². The maximum Gasteiger partial charge on any atom is 0.409 e. The van der Waals surface area contributed by atoms with Crippen LogP contribution in [0.3, 0.4) is 0 Å². The van der Waals surface area contributed by atoms with Crippen LogP contribution in [0.2, 0.25) is 0 Å². The summed E-state index contributed by atoms with van der Waals surface area (Å²) in [7, 11) is 0. The van der Waals surface area contributed by atoms with Gasteiger partial charge in [-0.15, -0.1) is 0 Å². The van der Waals surface area contributed by atoms with E-state index >= 15 is 0 Å². The maximum absolute atomic E-state index is 12.7. The van der Waals surface area contributed by atoms with Gasteiger partial charge in [0.05, 0.1) is 17.9 Å². The van der Waals surface area contributed by atoms with Crippen LogP contribution in [0.1, 0.15) is 34.3 Å². The number of rotatable bonds is 5. The van der Waals surface area contributed by atoms with Crippen LogP contribution in [-0.2, 0) is 11.3 Å². The van der Waals surface area contributed by atoms with Crippen LogP contribution in [0, 0.1) is 13.8 Å². The lowest BCUT2D eigenvalue weighted by Gasteiger charge is -2.34. The van der Waals surface area contributed by atoms with E-state index < -0.39 is 0 Å². The highest BCUT2D eigenvalue weighted by molar-refractivity contribution is 5.94. The van der Waals surface area contributed by atoms with Gasteiger partial charge < -0.3 is 23.8 Å². The van der Waals surface area contributed by atoms with Crippen LogP contribution in [-0.4, -0.2) is 59.7 Å². The molecule has 8 heteroatoms.